The number of carbonyl (C=O) groups excluding carboxylic acids is 1. The van der Waals surface area contributed by atoms with Crippen LogP contribution in [0.1, 0.15) is 21.7 Å². The van der Waals surface area contributed by atoms with Crippen LogP contribution < -0.4 is 4.74 Å². The molecule has 0 aliphatic heterocycles. The zero-order valence-electron chi connectivity index (χ0n) is 18.8. The Hall–Kier alpha value is -3.50. The smallest absolute Gasteiger partial charge is 0.292 e. The molecule has 7 nitrogen and oxygen atoms in total. The molecule has 4 rings (SSSR count). The lowest BCUT2D eigenvalue weighted by atomic mass is 10.2. The Morgan fingerprint density at radius 1 is 1.09 bits per heavy atom. The Morgan fingerprint density at radius 2 is 1.80 bits per heavy atom. The Morgan fingerprint density at radius 3 is 2.49 bits per heavy atom. The van der Waals surface area contributed by atoms with Crippen molar-refractivity contribution in [3.05, 3.63) is 94.5 Å². The lowest BCUT2D eigenvalue weighted by Gasteiger charge is -2.18. The van der Waals surface area contributed by atoms with Gasteiger partial charge in [0.05, 0.1) is 12.8 Å². The van der Waals surface area contributed by atoms with E-state index in [0.29, 0.717) is 17.4 Å². The minimum atomic E-state index is -0.575. The molecule has 0 aliphatic carbocycles. The highest BCUT2D eigenvalue weighted by Gasteiger charge is 2.24. The highest BCUT2D eigenvalue weighted by atomic mass is 35.5. The van der Waals surface area contributed by atoms with Crippen LogP contribution in [0.2, 0.25) is 5.02 Å². The summed E-state index contributed by atoms with van der Waals surface area (Å²) in [5.41, 5.74) is 1.60. The number of pyridine rings is 1. The lowest BCUT2D eigenvalue weighted by Crippen LogP contribution is -2.29. The molecule has 0 atom stereocenters. The van der Waals surface area contributed by atoms with Crippen molar-refractivity contribution < 1.29 is 18.3 Å². The number of thioether (sulfide) groups is 1. The standard InChI is InChI=1S/C24H20ClF2N5O2S/c1-31(13-15-9-11-28-12-10-15)23(33)22-29-30-24(32(22)17-5-3-16(26)4-6-17)35-14-18-19(25)7-8-20(34-2)21(18)27/h3-12H,13-14H2,1-2H3. The number of amides is 1. The maximum atomic E-state index is 14.8. The molecule has 180 valence electrons. The van der Waals surface area contributed by atoms with Crippen molar-refractivity contribution in [3.63, 3.8) is 0 Å². The van der Waals surface area contributed by atoms with Gasteiger partial charge in [0.25, 0.3) is 5.91 Å². The average molecular weight is 516 g/mol. The predicted octanol–water partition coefficient (Wildman–Crippen LogP) is 5.17. The van der Waals surface area contributed by atoms with Gasteiger partial charge in [-0.3, -0.25) is 14.3 Å². The zero-order valence-corrected chi connectivity index (χ0v) is 20.4. The van der Waals surface area contributed by atoms with Crippen molar-refractivity contribution >= 4 is 29.3 Å². The molecule has 35 heavy (non-hydrogen) atoms. The van der Waals surface area contributed by atoms with Gasteiger partial charge in [-0.05, 0) is 54.1 Å². The van der Waals surface area contributed by atoms with Crippen molar-refractivity contribution in [2.75, 3.05) is 14.2 Å². The third-order valence-electron chi connectivity index (χ3n) is 5.14. The van der Waals surface area contributed by atoms with Crippen molar-refractivity contribution in [1.29, 1.82) is 0 Å². The first-order valence-electron chi connectivity index (χ1n) is 10.4. The maximum Gasteiger partial charge on any atom is 0.292 e. The molecule has 0 saturated heterocycles. The van der Waals surface area contributed by atoms with Crippen molar-refractivity contribution in [1.82, 2.24) is 24.6 Å². The monoisotopic (exact) mass is 515 g/mol. The van der Waals surface area contributed by atoms with Gasteiger partial charge in [0, 0.05) is 42.3 Å². The number of halogens is 3. The summed E-state index contributed by atoms with van der Waals surface area (Å²) in [7, 11) is 3.01. The molecule has 0 spiro atoms. The fourth-order valence-electron chi connectivity index (χ4n) is 3.33. The molecule has 0 bridgehead atoms. The summed E-state index contributed by atoms with van der Waals surface area (Å²) < 4.78 is 34.9. The Balaban J connectivity index is 1.67. The second-order valence-corrected chi connectivity index (χ2v) is 8.82. The number of methoxy groups -OCH3 is 1. The fraction of sp³-hybridized carbons (Fsp3) is 0.167. The normalized spacial score (nSPS) is 10.9. The molecule has 2 heterocycles. The topological polar surface area (TPSA) is 73.1 Å². The minimum absolute atomic E-state index is 0.0351. The van der Waals surface area contributed by atoms with E-state index < -0.39 is 17.5 Å². The second-order valence-electron chi connectivity index (χ2n) is 7.47. The maximum absolute atomic E-state index is 14.8. The lowest BCUT2D eigenvalue weighted by molar-refractivity contribution is 0.0770. The van der Waals surface area contributed by atoms with E-state index in [1.807, 2.05) is 12.1 Å². The summed E-state index contributed by atoms with van der Waals surface area (Å²) in [4.78, 5) is 18.8. The van der Waals surface area contributed by atoms with Gasteiger partial charge < -0.3 is 9.64 Å². The van der Waals surface area contributed by atoms with E-state index in [0.717, 1.165) is 17.3 Å². The Labute approximate surface area is 209 Å². The van der Waals surface area contributed by atoms with E-state index in [2.05, 4.69) is 15.2 Å². The highest BCUT2D eigenvalue weighted by molar-refractivity contribution is 7.98. The molecule has 0 saturated carbocycles. The van der Waals surface area contributed by atoms with Crippen LogP contribution in [0, 0.1) is 11.6 Å². The summed E-state index contributed by atoms with van der Waals surface area (Å²) in [6.07, 6.45) is 3.29. The molecule has 2 aromatic carbocycles. The highest BCUT2D eigenvalue weighted by Crippen LogP contribution is 2.33. The molecule has 2 aromatic heterocycles. The van der Waals surface area contributed by atoms with Crippen LogP contribution in [-0.2, 0) is 12.3 Å². The first kappa shape index (κ1) is 24.6. The van der Waals surface area contributed by atoms with Crippen LogP contribution in [0.4, 0.5) is 8.78 Å². The molecule has 0 aliphatic rings. The minimum Gasteiger partial charge on any atom is -0.494 e. The van der Waals surface area contributed by atoms with Crippen molar-refractivity contribution in [3.8, 4) is 11.4 Å². The van der Waals surface area contributed by atoms with Gasteiger partial charge in [-0.2, -0.15) is 0 Å². The number of ether oxygens (including phenoxy) is 1. The number of hydrogen-bond acceptors (Lipinski definition) is 6. The number of carbonyl (C=O) groups is 1. The number of nitrogens with zero attached hydrogens (tertiary/aromatic N) is 5. The second kappa shape index (κ2) is 10.8. The van der Waals surface area contributed by atoms with Crippen LogP contribution >= 0.6 is 23.4 Å². The number of hydrogen-bond donors (Lipinski definition) is 0. The first-order chi connectivity index (χ1) is 16.9. The Bertz CT molecular complexity index is 1340. The van der Waals surface area contributed by atoms with E-state index in [1.54, 1.807) is 25.5 Å². The van der Waals surface area contributed by atoms with Crippen molar-refractivity contribution in [2.24, 2.45) is 0 Å². The van der Waals surface area contributed by atoms with Gasteiger partial charge in [-0.1, -0.05) is 23.4 Å². The van der Waals surface area contributed by atoms with Gasteiger partial charge in [0.1, 0.15) is 5.82 Å². The van der Waals surface area contributed by atoms with Gasteiger partial charge in [0.15, 0.2) is 16.7 Å². The van der Waals surface area contributed by atoms with Crippen LogP contribution in [0.5, 0.6) is 5.75 Å². The third-order valence-corrected chi connectivity index (χ3v) is 6.45. The first-order valence-corrected chi connectivity index (χ1v) is 11.7. The molecule has 0 radical (unpaired) electrons. The molecule has 0 N–H and O–H groups in total. The van der Waals surface area contributed by atoms with Gasteiger partial charge in [-0.25, -0.2) is 8.78 Å². The van der Waals surface area contributed by atoms with Crippen LogP contribution in [0.15, 0.2) is 66.1 Å². The van der Waals surface area contributed by atoms with E-state index >= 15 is 0 Å². The van der Waals surface area contributed by atoms with E-state index in [1.165, 1.54) is 46.9 Å². The molecule has 11 heteroatoms. The molecule has 1 amide bonds. The molecule has 4 aromatic rings. The molecule has 0 unspecified atom stereocenters. The number of aromatic nitrogens is 4. The largest absolute Gasteiger partial charge is 0.494 e. The van der Waals surface area contributed by atoms with Gasteiger partial charge >= 0.3 is 0 Å². The zero-order chi connectivity index (χ0) is 24.9. The number of rotatable bonds is 8. The summed E-state index contributed by atoms with van der Waals surface area (Å²) in [5, 5.41) is 8.83. The van der Waals surface area contributed by atoms with Crippen LogP contribution in [0.3, 0.4) is 0 Å². The average Bonchev–Trinajstić information content (AvgIpc) is 3.28. The van der Waals surface area contributed by atoms with Crippen molar-refractivity contribution in [2.45, 2.75) is 17.5 Å². The van der Waals surface area contributed by atoms with Gasteiger partial charge in [0.2, 0.25) is 5.82 Å². The molecule has 0 fully saturated rings. The van der Waals surface area contributed by atoms with Crippen LogP contribution in [-0.4, -0.2) is 44.7 Å². The summed E-state index contributed by atoms with van der Waals surface area (Å²) in [6.45, 7) is 0.324. The Kier molecular flexibility index (Phi) is 7.62. The molecular formula is C24H20ClF2N5O2S. The summed E-state index contributed by atoms with van der Waals surface area (Å²) >= 11 is 7.35. The van der Waals surface area contributed by atoms with Crippen LogP contribution in [0.25, 0.3) is 5.69 Å². The quantitative estimate of drug-likeness (QED) is 0.302. The van der Waals surface area contributed by atoms with E-state index in [-0.39, 0.29) is 27.9 Å². The number of benzene rings is 2. The van der Waals surface area contributed by atoms with E-state index in [4.69, 9.17) is 16.3 Å². The SMILES string of the molecule is COc1ccc(Cl)c(CSc2nnc(C(=O)N(C)Cc3ccncc3)n2-c2ccc(F)cc2)c1F. The molecular weight excluding hydrogens is 496 g/mol. The fourth-order valence-corrected chi connectivity index (χ4v) is 4.60. The van der Waals surface area contributed by atoms with E-state index in [9.17, 15) is 13.6 Å². The van der Waals surface area contributed by atoms with Gasteiger partial charge in [-0.15, -0.1) is 10.2 Å². The third kappa shape index (κ3) is 5.44. The predicted molar refractivity (Wildman–Crippen MR) is 129 cm³/mol. The summed E-state index contributed by atoms with van der Waals surface area (Å²) in [6, 6.07) is 12.2. The summed E-state index contributed by atoms with van der Waals surface area (Å²) in [5.74, 6) is -1.19.